The molecule has 2 aliphatic heterocycles. The van der Waals surface area contributed by atoms with Gasteiger partial charge in [0.2, 0.25) is 0 Å². The Hall–Kier alpha value is -1.83. The summed E-state index contributed by atoms with van der Waals surface area (Å²) in [7, 11) is 0. The fourth-order valence-electron chi connectivity index (χ4n) is 3.83. The Kier molecular flexibility index (Phi) is 7.25. The molecule has 26 heavy (non-hydrogen) atoms. The summed E-state index contributed by atoms with van der Waals surface area (Å²) in [4.78, 5) is 17.8. The van der Waals surface area contributed by atoms with Crippen molar-refractivity contribution < 1.29 is 9.90 Å². The Morgan fingerprint density at radius 1 is 1.08 bits per heavy atom. The average Bonchev–Trinajstić information content (AvgIpc) is 2.62. The van der Waals surface area contributed by atoms with Crippen LogP contribution in [0.4, 0.5) is 5.69 Å². The lowest BCUT2D eigenvalue weighted by molar-refractivity contribution is -0.138. The monoisotopic (exact) mass is 381 g/mol. The van der Waals surface area contributed by atoms with E-state index in [-0.39, 0.29) is 24.8 Å². The number of nitrogens with zero attached hydrogens (tertiary/aromatic N) is 3. The molecule has 3 rings (SSSR count). The molecule has 0 aliphatic carbocycles. The van der Waals surface area contributed by atoms with Gasteiger partial charge in [0.15, 0.2) is 0 Å². The number of carboxylic acid groups (broad SMARTS) is 1. The standard InChI is InChI=1S/C18H27N5O2.ClH/c19-18(20)14-1-3-15(4-2-14)22-9-11-23(12-10-22)16-5-7-21(8-6-16)13-17(24)25;/h1-4,16H,5-13H2,(H3,19,20)(H,24,25);1H. The van der Waals surface area contributed by atoms with Crippen LogP contribution in [0.1, 0.15) is 18.4 Å². The van der Waals surface area contributed by atoms with Crippen LogP contribution in [0.15, 0.2) is 24.3 Å². The Morgan fingerprint density at radius 3 is 2.15 bits per heavy atom. The molecule has 1 aromatic rings. The first-order valence-electron chi connectivity index (χ1n) is 8.90. The van der Waals surface area contributed by atoms with Crippen molar-refractivity contribution >= 4 is 29.9 Å². The van der Waals surface area contributed by atoms with E-state index in [2.05, 4.69) is 9.80 Å². The molecule has 0 bridgehead atoms. The van der Waals surface area contributed by atoms with Gasteiger partial charge in [0.05, 0.1) is 6.54 Å². The van der Waals surface area contributed by atoms with E-state index in [0.29, 0.717) is 6.04 Å². The molecule has 4 N–H and O–H groups in total. The van der Waals surface area contributed by atoms with Crippen LogP contribution in [-0.2, 0) is 4.79 Å². The van der Waals surface area contributed by atoms with E-state index in [0.717, 1.165) is 57.7 Å². The van der Waals surface area contributed by atoms with Crippen LogP contribution in [0.25, 0.3) is 0 Å². The zero-order valence-corrected chi connectivity index (χ0v) is 15.7. The van der Waals surface area contributed by atoms with Gasteiger partial charge in [0.25, 0.3) is 0 Å². The van der Waals surface area contributed by atoms with Crippen LogP contribution in [0, 0.1) is 5.41 Å². The maximum Gasteiger partial charge on any atom is 0.317 e. The van der Waals surface area contributed by atoms with Gasteiger partial charge < -0.3 is 15.7 Å². The molecule has 2 fully saturated rings. The van der Waals surface area contributed by atoms with Gasteiger partial charge in [0.1, 0.15) is 5.84 Å². The van der Waals surface area contributed by atoms with Crippen molar-refractivity contribution in [2.24, 2.45) is 5.73 Å². The van der Waals surface area contributed by atoms with E-state index in [1.807, 2.05) is 29.2 Å². The second-order valence-electron chi connectivity index (χ2n) is 6.88. The first kappa shape index (κ1) is 20.5. The second kappa shape index (κ2) is 9.21. The number of carbonyl (C=O) groups is 1. The summed E-state index contributed by atoms with van der Waals surface area (Å²) < 4.78 is 0. The lowest BCUT2D eigenvalue weighted by atomic mass is 10.0. The highest BCUT2D eigenvalue weighted by Crippen LogP contribution is 2.21. The van der Waals surface area contributed by atoms with Gasteiger partial charge in [-0.05, 0) is 37.1 Å². The van der Waals surface area contributed by atoms with Crippen LogP contribution < -0.4 is 10.6 Å². The Morgan fingerprint density at radius 2 is 1.65 bits per heavy atom. The smallest absolute Gasteiger partial charge is 0.317 e. The highest BCUT2D eigenvalue weighted by Gasteiger charge is 2.28. The number of nitrogens with one attached hydrogen (secondary N) is 1. The minimum Gasteiger partial charge on any atom is -0.480 e. The molecule has 8 heteroatoms. The Balaban J connectivity index is 0.00000243. The van der Waals surface area contributed by atoms with E-state index in [4.69, 9.17) is 16.2 Å². The topological polar surface area (TPSA) is 96.9 Å². The molecule has 7 nitrogen and oxygen atoms in total. The molecule has 0 atom stereocenters. The summed E-state index contributed by atoms with van der Waals surface area (Å²) in [5.41, 5.74) is 7.45. The molecular formula is C18H28ClN5O2. The number of piperazine rings is 1. The minimum atomic E-state index is -0.733. The van der Waals surface area contributed by atoms with Crippen LogP contribution in [0.3, 0.4) is 0 Å². The average molecular weight is 382 g/mol. The molecule has 2 saturated heterocycles. The van der Waals surface area contributed by atoms with Crippen molar-refractivity contribution in [1.82, 2.24) is 9.80 Å². The predicted molar refractivity (Wildman–Crippen MR) is 106 cm³/mol. The molecule has 0 aromatic heterocycles. The highest BCUT2D eigenvalue weighted by molar-refractivity contribution is 5.95. The van der Waals surface area contributed by atoms with E-state index >= 15 is 0 Å². The first-order valence-corrected chi connectivity index (χ1v) is 8.90. The van der Waals surface area contributed by atoms with E-state index in [1.54, 1.807) is 0 Å². The van der Waals surface area contributed by atoms with Crippen molar-refractivity contribution in [2.75, 3.05) is 50.7 Å². The number of aliphatic carboxylic acids is 1. The molecule has 1 aromatic carbocycles. The second-order valence-corrected chi connectivity index (χ2v) is 6.88. The number of likely N-dealkylation sites (tertiary alicyclic amines) is 1. The lowest BCUT2D eigenvalue weighted by Gasteiger charge is -2.43. The van der Waals surface area contributed by atoms with Crippen molar-refractivity contribution in [2.45, 2.75) is 18.9 Å². The largest absolute Gasteiger partial charge is 0.480 e. The van der Waals surface area contributed by atoms with Gasteiger partial charge >= 0.3 is 5.97 Å². The van der Waals surface area contributed by atoms with Crippen molar-refractivity contribution in [3.8, 4) is 0 Å². The molecule has 0 amide bonds. The number of hydrogen-bond donors (Lipinski definition) is 3. The van der Waals surface area contributed by atoms with Crippen LogP contribution in [-0.4, -0.2) is 78.6 Å². The number of amidine groups is 1. The van der Waals surface area contributed by atoms with Gasteiger partial charge in [-0.15, -0.1) is 12.4 Å². The van der Waals surface area contributed by atoms with E-state index in [1.165, 1.54) is 5.69 Å². The summed E-state index contributed by atoms with van der Waals surface area (Å²) in [6.45, 7) is 5.99. The van der Waals surface area contributed by atoms with Crippen molar-refractivity contribution in [3.05, 3.63) is 29.8 Å². The summed E-state index contributed by atoms with van der Waals surface area (Å²) in [5.74, 6) is -0.631. The summed E-state index contributed by atoms with van der Waals surface area (Å²) in [5, 5.41) is 16.4. The molecule has 0 radical (unpaired) electrons. The first-order chi connectivity index (χ1) is 12.0. The van der Waals surface area contributed by atoms with Crippen molar-refractivity contribution in [3.63, 3.8) is 0 Å². The lowest BCUT2D eigenvalue weighted by Crippen LogP contribution is -2.53. The zero-order valence-electron chi connectivity index (χ0n) is 14.9. The summed E-state index contributed by atoms with van der Waals surface area (Å²) >= 11 is 0. The molecule has 0 spiro atoms. The Labute approximate surface area is 160 Å². The number of nitrogen functional groups attached to an aromatic ring is 1. The number of hydrogen-bond acceptors (Lipinski definition) is 5. The van der Waals surface area contributed by atoms with E-state index in [9.17, 15) is 4.79 Å². The molecule has 0 saturated carbocycles. The number of halogens is 1. The maximum atomic E-state index is 10.8. The third-order valence-electron chi connectivity index (χ3n) is 5.29. The van der Waals surface area contributed by atoms with Crippen LogP contribution >= 0.6 is 12.4 Å². The van der Waals surface area contributed by atoms with Gasteiger partial charge in [-0.3, -0.25) is 20.0 Å². The number of nitrogens with two attached hydrogens (primary N) is 1. The fraction of sp³-hybridized carbons (Fsp3) is 0.556. The third-order valence-corrected chi connectivity index (χ3v) is 5.29. The number of carboxylic acids is 1. The zero-order chi connectivity index (χ0) is 17.8. The Bertz CT molecular complexity index is 609. The maximum absolute atomic E-state index is 10.8. The van der Waals surface area contributed by atoms with E-state index < -0.39 is 5.97 Å². The molecule has 144 valence electrons. The van der Waals surface area contributed by atoms with Crippen molar-refractivity contribution in [1.29, 1.82) is 5.41 Å². The predicted octanol–water partition coefficient (Wildman–Crippen LogP) is 1.06. The van der Waals surface area contributed by atoms with Gasteiger partial charge in [0, 0.05) is 56.6 Å². The van der Waals surface area contributed by atoms with Gasteiger partial charge in [-0.1, -0.05) is 0 Å². The quantitative estimate of drug-likeness (QED) is 0.521. The number of piperidine rings is 1. The summed E-state index contributed by atoms with van der Waals surface area (Å²) in [6, 6.07) is 8.46. The molecule has 0 unspecified atom stereocenters. The van der Waals surface area contributed by atoms with Crippen LogP contribution in [0.5, 0.6) is 0 Å². The molecule has 2 aliphatic rings. The molecular weight excluding hydrogens is 354 g/mol. The normalized spacial score (nSPS) is 19.8. The SMILES string of the molecule is Cl.N=C(N)c1ccc(N2CCN(C3CCN(CC(=O)O)CC3)CC2)cc1. The summed E-state index contributed by atoms with van der Waals surface area (Å²) in [6.07, 6.45) is 2.11. The third kappa shape index (κ3) is 5.09. The molecule has 2 heterocycles. The van der Waals surface area contributed by atoms with Gasteiger partial charge in [-0.2, -0.15) is 0 Å². The minimum absolute atomic E-state index is 0. The number of anilines is 1. The van der Waals surface area contributed by atoms with Gasteiger partial charge in [-0.25, -0.2) is 0 Å². The number of rotatable bonds is 5. The van der Waals surface area contributed by atoms with Crippen LogP contribution in [0.2, 0.25) is 0 Å². The fourth-order valence-corrected chi connectivity index (χ4v) is 3.83. The highest BCUT2D eigenvalue weighted by atomic mass is 35.5. The number of benzene rings is 1.